The molecule has 1 heterocycles. The van der Waals surface area contributed by atoms with E-state index in [1.165, 1.54) is 18.4 Å². The molecule has 2 aromatic rings. The highest BCUT2D eigenvalue weighted by molar-refractivity contribution is 5.96. The summed E-state index contributed by atoms with van der Waals surface area (Å²) in [7, 11) is 2.10. The normalized spacial score (nSPS) is 15.2. The van der Waals surface area contributed by atoms with Gasteiger partial charge in [0.05, 0.1) is 6.54 Å². The van der Waals surface area contributed by atoms with Gasteiger partial charge in [0.25, 0.3) is 5.91 Å². The van der Waals surface area contributed by atoms with Crippen molar-refractivity contribution in [3.8, 4) is 0 Å². The predicted octanol–water partition coefficient (Wildman–Crippen LogP) is 5.56. The van der Waals surface area contributed by atoms with Crippen LogP contribution in [0.3, 0.4) is 0 Å². The van der Waals surface area contributed by atoms with E-state index in [1.54, 1.807) is 24.3 Å². The van der Waals surface area contributed by atoms with Crippen molar-refractivity contribution in [2.75, 3.05) is 26.7 Å². The van der Waals surface area contributed by atoms with Crippen molar-refractivity contribution in [3.05, 3.63) is 71.3 Å². The van der Waals surface area contributed by atoms with Gasteiger partial charge in [-0.15, -0.1) is 0 Å². The standard InChI is InChI=1S/C24H30F3N3O.C4H10.2CH2O/c1-18(23(12-14-30(2)15-13-23)20-9-4-3-5-10-20)29-22(31)21-11-7-6-8-19(21)16-28-17-24(25,26)27;1-3-4-2;2*1-2/h3-11,18,28H,12-17H2,1-2H3,(H,29,31);3-4H2,1-2H3;2*1H2/t18-;;;/m0.../s1. The third-order valence-electron chi connectivity index (χ3n) is 6.81. The zero-order valence-corrected chi connectivity index (χ0v) is 23.7. The minimum absolute atomic E-state index is 0.0217. The summed E-state index contributed by atoms with van der Waals surface area (Å²) in [5, 5.41) is 5.54. The average molecular weight is 552 g/mol. The van der Waals surface area contributed by atoms with E-state index in [9.17, 15) is 18.0 Å². The minimum atomic E-state index is -4.29. The molecule has 1 fully saturated rings. The Bertz CT molecular complexity index is 930. The average Bonchev–Trinajstić information content (AvgIpc) is 2.96. The fourth-order valence-corrected chi connectivity index (χ4v) is 4.41. The number of benzene rings is 2. The number of rotatable bonds is 8. The summed E-state index contributed by atoms with van der Waals surface area (Å²) in [4.78, 5) is 31.4. The Hall–Kier alpha value is -3.04. The Labute approximate surface area is 231 Å². The van der Waals surface area contributed by atoms with Gasteiger partial charge in [-0.3, -0.25) is 4.79 Å². The van der Waals surface area contributed by atoms with E-state index in [1.807, 2.05) is 38.7 Å². The lowest BCUT2D eigenvalue weighted by Crippen LogP contribution is -2.54. The first-order chi connectivity index (χ1) is 18.6. The van der Waals surface area contributed by atoms with Crippen LogP contribution in [-0.4, -0.2) is 63.3 Å². The van der Waals surface area contributed by atoms with Crippen molar-refractivity contribution in [2.24, 2.45) is 0 Å². The van der Waals surface area contributed by atoms with Crippen LogP contribution in [0.25, 0.3) is 0 Å². The first kappa shape index (κ1) is 36.0. The number of carbonyl (C=O) groups excluding carboxylic acids is 3. The molecule has 0 spiro atoms. The van der Waals surface area contributed by atoms with Crippen molar-refractivity contribution in [1.82, 2.24) is 15.5 Å². The lowest BCUT2D eigenvalue weighted by molar-refractivity contribution is -0.125. The summed E-state index contributed by atoms with van der Waals surface area (Å²) >= 11 is 0. The molecule has 1 amide bonds. The fourth-order valence-electron chi connectivity index (χ4n) is 4.41. The van der Waals surface area contributed by atoms with Crippen LogP contribution in [0, 0.1) is 0 Å². The van der Waals surface area contributed by atoms with Crippen LogP contribution in [-0.2, 0) is 21.5 Å². The number of likely N-dealkylation sites (tertiary alicyclic amines) is 1. The van der Waals surface area contributed by atoms with Gasteiger partial charge in [0.2, 0.25) is 0 Å². The third kappa shape index (κ3) is 12.1. The smallest absolute Gasteiger partial charge is 0.349 e. The van der Waals surface area contributed by atoms with E-state index in [2.05, 4.69) is 48.6 Å². The number of unbranched alkanes of at least 4 members (excludes halogenated alkanes) is 1. The number of alkyl halides is 3. The number of hydrogen-bond donors (Lipinski definition) is 2. The predicted molar refractivity (Wildman–Crippen MR) is 151 cm³/mol. The highest BCUT2D eigenvalue weighted by Crippen LogP contribution is 2.38. The molecule has 1 aliphatic rings. The molecule has 6 nitrogen and oxygen atoms in total. The van der Waals surface area contributed by atoms with Crippen LogP contribution >= 0.6 is 0 Å². The van der Waals surface area contributed by atoms with E-state index in [-0.39, 0.29) is 23.9 Å². The van der Waals surface area contributed by atoms with E-state index in [4.69, 9.17) is 9.59 Å². The lowest BCUT2D eigenvalue weighted by Gasteiger charge is -2.45. The largest absolute Gasteiger partial charge is 0.401 e. The van der Waals surface area contributed by atoms with Crippen LogP contribution in [0.4, 0.5) is 13.2 Å². The molecule has 0 unspecified atom stereocenters. The molecule has 1 saturated heterocycles. The molecule has 9 heteroatoms. The van der Waals surface area contributed by atoms with Crippen LogP contribution < -0.4 is 10.6 Å². The van der Waals surface area contributed by atoms with Crippen molar-refractivity contribution < 1.29 is 27.6 Å². The second-order valence-electron chi connectivity index (χ2n) is 9.40. The number of piperidine rings is 1. The SMILES string of the molecule is C=O.C=O.CCCC.C[C@H](NC(=O)c1ccccc1CNCC(F)(F)F)C1(c2ccccc2)CCN(C)CC1. The van der Waals surface area contributed by atoms with E-state index < -0.39 is 12.7 Å². The van der Waals surface area contributed by atoms with Gasteiger partial charge in [-0.05, 0) is 57.1 Å². The molecule has 39 heavy (non-hydrogen) atoms. The molecule has 0 aromatic heterocycles. The second kappa shape index (κ2) is 19.1. The van der Waals surface area contributed by atoms with Crippen molar-refractivity contribution in [3.63, 3.8) is 0 Å². The second-order valence-corrected chi connectivity index (χ2v) is 9.40. The van der Waals surface area contributed by atoms with Crippen LogP contribution in [0.2, 0.25) is 0 Å². The van der Waals surface area contributed by atoms with E-state index in [0.29, 0.717) is 11.1 Å². The molecular formula is C30H44F3N3O3. The number of nitrogens with zero attached hydrogens (tertiary/aromatic N) is 1. The summed E-state index contributed by atoms with van der Waals surface area (Å²) in [5.41, 5.74) is 1.97. The molecule has 0 bridgehead atoms. The maximum atomic E-state index is 13.1. The number of halogens is 3. The summed E-state index contributed by atoms with van der Waals surface area (Å²) in [6.07, 6.45) is 0.190. The molecule has 0 radical (unpaired) electrons. The zero-order valence-electron chi connectivity index (χ0n) is 23.7. The number of nitrogens with one attached hydrogen (secondary N) is 2. The minimum Gasteiger partial charge on any atom is -0.349 e. The van der Waals surface area contributed by atoms with Gasteiger partial charge in [0, 0.05) is 23.6 Å². The van der Waals surface area contributed by atoms with Crippen LogP contribution in [0.15, 0.2) is 54.6 Å². The molecule has 0 aliphatic carbocycles. The van der Waals surface area contributed by atoms with Crippen molar-refractivity contribution in [1.29, 1.82) is 0 Å². The Morgan fingerprint density at radius 2 is 1.46 bits per heavy atom. The van der Waals surface area contributed by atoms with Gasteiger partial charge in [-0.25, -0.2) is 0 Å². The van der Waals surface area contributed by atoms with Gasteiger partial charge in [0.1, 0.15) is 13.6 Å². The van der Waals surface area contributed by atoms with Gasteiger partial charge in [-0.1, -0.05) is 75.2 Å². The maximum absolute atomic E-state index is 13.1. The Morgan fingerprint density at radius 1 is 0.949 bits per heavy atom. The Morgan fingerprint density at radius 3 is 1.97 bits per heavy atom. The monoisotopic (exact) mass is 551 g/mol. The van der Waals surface area contributed by atoms with Crippen molar-refractivity contribution in [2.45, 2.75) is 70.6 Å². The third-order valence-corrected chi connectivity index (χ3v) is 6.81. The van der Waals surface area contributed by atoms with Gasteiger partial charge >= 0.3 is 6.18 Å². The highest BCUT2D eigenvalue weighted by atomic mass is 19.4. The van der Waals surface area contributed by atoms with E-state index >= 15 is 0 Å². The maximum Gasteiger partial charge on any atom is 0.401 e. The summed E-state index contributed by atoms with van der Waals surface area (Å²) in [5.74, 6) is -0.258. The van der Waals surface area contributed by atoms with Crippen LogP contribution in [0.1, 0.15) is 67.9 Å². The van der Waals surface area contributed by atoms with Gasteiger partial charge in [0.15, 0.2) is 0 Å². The van der Waals surface area contributed by atoms with Gasteiger partial charge < -0.3 is 25.1 Å². The number of carbonyl (C=O) groups is 3. The lowest BCUT2D eigenvalue weighted by atomic mass is 9.68. The van der Waals surface area contributed by atoms with E-state index in [0.717, 1.165) is 25.9 Å². The summed E-state index contributed by atoms with van der Waals surface area (Å²) in [6, 6.07) is 16.9. The quantitative estimate of drug-likeness (QED) is 0.449. The molecule has 0 saturated carbocycles. The summed E-state index contributed by atoms with van der Waals surface area (Å²) < 4.78 is 37.4. The first-order valence-corrected chi connectivity index (χ1v) is 13.1. The topological polar surface area (TPSA) is 78.5 Å². The van der Waals surface area contributed by atoms with Crippen molar-refractivity contribution >= 4 is 19.5 Å². The zero-order chi connectivity index (χ0) is 29.9. The molecule has 2 N–H and O–H groups in total. The molecule has 218 valence electrons. The highest BCUT2D eigenvalue weighted by Gasteiger charge is 2.41. The molecular weight excluding hydrogens is 507 g/mol. The Kier molecular flexibility index (Phi) is 17.6. The molecule has 1 aliphatic heterocycles. The summed E-state index contributed by atoms with van der Waals surface area (Å²) in [6.45, 7) is 11.1. The number of hydrogen-bond acceptors (Lipinski definition) is 5. The Balaban J connectivity index is 0.00000162. The van der Waals surface area contributed by atoms with Crippen LogP contribution in [0.5, 0.6) is 0 Å². The molecule has 2 aromatic carbocycles. The fraction of sp³-hybridized carbons (Fsp3) is 0.500. The molecule has 3 rings (SSSR count). The number of amides is 1. The first-order valence-electron chi connectivity index (χ1n) is 13.1. The molecule has 1 atom stereocenters. The van der Waals surface area contributed by atoms with Gasteiger partial charge in [-0.2, -0.15) is 13.2 Å².